The second-order valence-corrected chi connectivity index (χ2v) is 8.45. The summed E-state index contributed by atoms with van der Waals surface area (Å²) in [7, 11) is 0. The average Bonchev–Trinajstić information content (AvgIpc) is 3.01. The fourth-order valence-electron chi connectivity index (χ4n) is 3.05. The van der Waals surface area contributed by atoms with E-state index in [4.69, 9.17) is 27.9 Å². The van der Waals surface area contributed by atoms with Gasteiger partial charge < -0.3 is 15.0 Å². The zero-order valence-corrected chi connectivity index (χ0v) is 15.7. The number of thioether (sulfide) groups is 1. The van der Waals surface area contributed by atoms with Crippen molar-refractivity contribution in [3.8, 4) is 0 Å². The van der Waals surface area contributed by atoms with Crippen molar-refractivity contribution in [2.75, 3.05) is 17.7 Å². The molecule has 0 saturated carbocycles. The first-order valence-electron chi connectivity index (χ1n) is 7.67. The lowest BCUT2D eigenvalue weighted by atomic mass is 10.2. The number of nitrogens with one attached hydrogen (secondary N) is 1. The van der Waals surface area contributed by atoms with Crippen LogP contribution in [0.3, 0.4) is 0 Å². The monoisotopic (exact) mass is 402 g/mol. The number of carbonyl (C=O) groups excluding carboxylic acids is 3. The summed E-state index contributed by atoms with van der Waals surface area (Å²) in [5.74, 6) is -0.641. The van der Waals surface area contributed by atoms with Crippen LogP contribution in [0.15, 0.2) is 18.2 Å². The zero-order chi connectivity index (χ0) is 18.2. The molecule has 3 rings (SSSR count). The molecule has 2 aliphatic heterocycles. The van der Waals surface area contributed by atoms with Gasteiger partial charge in [0.05, 0.1) is 4.87 Å². The lowest BCUT2D eigenvalue weighted by Crippen LogP contribution is -2.47. The Morgan fingerprint density at radius 3 is 2.72 bits per heavy atom. The van der Waals surface area contributed by atoms with Gasteiger partial charge in [-0.3, -0.25) is 9.59 Å². The molecule has 0 spiro atoms. The van der Waals surface area contributed by atoms with Crippen molar-refractivity contribution in [2.45, 2.75) is 30.7 Å². The molecule has 9 heteroatoms. The van der Waals surface area contributed by atoms with Gasteiger partial charge in [0, 0.05) is 27.9 Å². The molecule has 1 N–H and O–H groups in total. The summed E-state index contributed by atoms with van der Waals surface area (Å²) in [5.41, 5.74) is 0.414. The minimum Gasteiger partial charge on any atom is -0.454 e. The van der Waals surface area contributed by atoms with E-state index in [-0.39, 0.29) is 10.8 Å². The Labute approximate surface area is 159 Å². The second-order valence-electron chi connectivity index (χ2n) is 6.08. The number of ether oxygens (including phenoxy) is 1. The molecule has 2 amide bonds. The maximum atomic E-state index is 12.3. The highest BCUT2D eigenvalue weighted by Gasteiger charge is 2.53. The minimum atomic E-state index is -0.640. The molecular formula is C16H16Cl2N2O4S. The van der Waals surface area contributed by atoms with E-state index in [0.29, 0.717) is 27.9 Å². The standard InChI is InChI=1S/C16H16Cl2N2O4S/c1-16-3-2-14(22)20(16)12(8-25-16)15(23)24-7-13(21)19-11-5-9(17)4-10(18)6-11/h4-6,12H,2-3,7-8H2,1H3,(H,19,21)/t12-,16+/m1/s1. The molecule has 1 aromatic rings. The van der Waals surface area contributed by atoms with Gasteiger partial charge in [0.15, 0.2) is 6.61 Å². The van der Waals surface area contributed by atoms with Crippen LogP contribution in [0.5, 0.6) is 0 Å². The first kappa shape index (κ1) is 18.4. The molecule has 0 radical (unpaired) electrons. The molecule has 0 unspecified atom stereocenters. The predicted molar refractivity (Wildman–Crippen MR) is 96.8 cm³/mol. The number of hydrogen-bond acceptors (Lipinski definition) is 5. The van der Waals surface area contributed by atoms with E-state index in [1.54, 1.807) is 22.7 Å². The SMILES string of the molecule is C[C@]12CCC(=O)N1[C@@H](C(=O)OCC(=O)Nc1cc(Cl)cc(Cl)c1)CS2. The Bertz CT molecular complexity index is 725. The van der Waals surface area contributed by atoms with Crippen molar-refractivity contribution in [2.24, 2.45) is 0 Å². The molecule has 2 aliphatic rings. The molecule has 2 saturated heterocycles. The van der Waals surface area contributed by atoms with Gasteiger partial charge in [-0.2, -0.15) is 0 Å². The topological polar surface area (TPSA) is 75.7 Å². The Kier molecular flexibility index (Phi) is 5.18. The van der Waals surface area contributed by atoms with Crippen molar-refractivity contribution in [3.63, 3.8) is 0 Å². The van der Waals surface area contributed by atoms with Gasteiger partial charge in [0.1, 0.15) is 6.04 Å². The third-order valence-electron chi connectivity index (χ3n) is 4.21. The largest absolute Gasteiger partial charge is 0.454 e. The number of carbonyl (C=O) groups is 3. The Hall–Kier alpha value is -1.44. The summed E-state index contributed by atoms with van der Waals surface area (Å²) in [6, 6.07) is 3.98. The summed E-state index contributed by atoms with van der Waals surface area (Å²) in [5, 5.41) is 3.33. The fraction of sp³-hybridized carbons (Fsp3) is 0.438. The van der Waals surface area contributed by atoms with Crippen molar-refractivity contribution in [1.82, 2.24) is 4.90 Å². The number of benzene rings is 1. The van der Waals surface area contributed by atoms with E-state index < -0.39 is 24.5 Å². The normalized spacial score (nSPS) is 25.0. The molecule has 2 fully saturated rings. The smallest absolute Gasteiger partial charge is 0.330 e. The van der Waals surface area contributed by atoms with Crippen molar-refractivity contribution in [3.05, 3.63) is 28.2 Å². The van der Waals surface area contributed by atoms with Crippen molar-refractivity contribution in [1.29, 1.82) is 0 Å². The van der Waals surface area contributed by atoms with Crippen LogP contribution in [0.1, 0.15) is 19.8 Å². The van der Waals surface area contributed by atoms with Crippen molar-refractivity contribution < 1.29 is 19.1 Å². The molecular weight excluding hydrogens is 387 g/mol. The van der Waals surface area contributed by atoms with Gasteiger partial charge in [-0.15, -0.1) is 11.8 Å². The van der Waals surface area contributed by atoms with E-state index in [0.717, 1.165) is 6.42 Å². The molecule has 2 heterocycles. The Morgan fingerprint density at radius 1 is 1.36 bits per heavy atom. The van der Waals surface area contributed by atoms with E-state index >= 15 is 0 Å². The van der Waals surface area contributed by atoms with Crippen LogP contribution in [0, 0.1) is 0 Å². The highest BCUT2D eigenvalue weighted by atomic mass is 35.5. The number of fused-ring (bicyclic) bond motifs is 1. The van der Waals surface area contributed by atoms with Gasteiger partial charge in [-0.25, -0.2) is 4.79 Å². The number of anilines is 1. The Morgan fingerprint density at radius 2 is 2.04 bits per heavy atom. The van der Waals surface area contributed by atoms with Crippen LogP contribution >= 0.6 is 35.0 Å². The Balaban J connectivity index is 1.55. The third kappa shape index (κ3) is 3.88. The van der Waals surface area contributed by atoms with Crippen LogP contribution in [-0.4, -0.2) is 46.0 Å². The molecule has 25 heavy (non-hydrogen) atoms. The number of nitrogens with zero attached hydrogens (tertiary/aromatic N) is 1. The molecule has 0 bridgehead atoms. The molecule has 1 aromatic carbocycles. The van der Waals surface area contributed by atoms with Crippen LogP contribution in [0.25, 0.3) is 0 Å². The van der Waals surface area contributed by atoms with Crippen LogP contribution in [0.4, 0.5) is 5.69 Å². The predicted octanol–water partition coefficient (Wildman–Crippen LogP) is 2.93. The lowest BCUT2D eigenvalue weighted by Gasteiger charge is -2.29. The van der Waals surface area contributed by atoms with Gasteiger partial charge in [-0.1, -0.05) is 23.2 Å². The highest BCUT2D eigenvalue weighted by molar-refractivity contribution is 8.01. The van der Waals surface area contributed by atoms with Gasteiger partial charge in [0.25, 0.3) is 5.91 Å². The molecule has 0 aromatic heterocycles. The summed E-state index contributed by atoms with van der Waals surface area (Å²) in [6.07, 6.45) is 1.15. The minimum absolute atomic E-state index is 0.0486. The summed E-state index contributed by atoms with van der Waals surface area (Å²) in [6.45, 7) is 1.51. The summed E-state index contributed by atoms with van der Waals surface area (Å²) >= 11 is 13.3. The van der Waals surface area contributed by atoms with Crippen LogP contribution < -0.4 is 5.32 Å². The van der Waals surface area contributed by atoms with E-state index in [1.165, 1.54) is 12.1 Å². The van der Waals surface area contributed by atoms with E-state index in [1.807, 2.05) is 6.92 Å². The molecule has 6 nitrogen and oxygen atoms in total. The van der Waals surface area contributed by atoms with Gasteiger partial charge >= 0.3 is 5.97 Å². The summed E-state index contributed by atoms with van der Waals surface area (Å²) < 4.78 is 5.10. The number of halogens is 2. The quantitative estimate of drug-likeness (QED) is 0.783. The first-order valence-corrected chi connectivity index (χ1v) is 9.41. The van der Waals surface area contributed by atoms with Gasteiger partial charge in [0.2, 0.25) is 5.91 Å². The fourth-order valence-corrected chi connectivity index (χ4v) is 4.99. The second kappa shape index (κ2) is 7.05. The number of amides is 2. The number of rotatable bonds is 4. The van der Waals surface area contributed by atoms with E-state index in [9.17, 15) is 14.4 Å². The zero-order valence-electron chi connectivity index (χ0n) is 13.4. The van der Waals surface area contributed by atoms with E-state index in [2.05, 4.69) is 5.32 Å². The van der Waals surface area contributed by atoms with Crippen LogP contribution in [0.2, 0.25) is 10.0 Å². The molecule has 2 atom stereocenters. The maximum Gasteiger partial charge on any atom is 0.330 e. The first-order chi connectivity index (χ1) is 11.8. The number of hydrogen-bond donors (Lipinski definition) is 1. The third-order valence-corrected chi connectivity index (χ3v) is 6.15. The molecule has 0 aliphatic carbocycles. The number of esters is 1. The van der Waals surface area contributed by atoms with Crippen LogP contribution in [-0.2, 0) is 19.1 Å². The van der Waals surface area contributed by atoms with Gasteiger partial charge in [-0.05, 0) is 31.5 Å². The lowest BCUT2D eigenvalue weighted by molar-refractivity contribution is -0.155. The summed E-state index contributed by atoms with van der Waals surface area (Å²) in [4.78, 5) is 37.5. The highest BCUT2D eigenvalue weighted by Crippen LogP contribution is 2.47. The average molecular weight is 403 g/mol. The molecule has 134 valence electrons. The van der Waals surface area contributed by atoms with Crippen molar-refractivity contribution >= 4 is 58.4 Å². The maximum absolute atomic E-state index is 12.3.